The first-order valence-electron chi connectivity index (χ1n) is 4.14. The van der Waals surface area contributed by atoms with Gasteiger partial charge in [-0.05, 0) is 34.5 Å². The monoisotopic (exact) mass is 188 g/mol. The van der Waals surface area contributed by atoms with Crippen molar-refractivity contribution in [1.82, 2.24) is 4.90 Å². The Bertz CT molecular complexity index is 162. The molecule has 4 heteroatoms. The van der Waals surface area contributed by atoms with E-state index in [0.717, 1.165) is 6.42 Å². The van der Waals surface area contributed by atoms with Gasteiger partial charge in [0, 0.05) is 5.57 Å². The largest absolute Gasteiger partial charge is 0.370 e. The SMILES string of the molecule is CCC=C(C)C(=O)ON.CN(C)C. The van der Waals surface area contributed by atoms with Crippen LogP contribution in [0.2, 0.25) is 0 Å². The Morgan fingerprint density at radius 2 is 1.85 bits per heavy atom. The minimum Gasteiger partial charge on any atom is -0.370 e. The van der Waals surface area contributed by atoms with Gasteiger partial charge in [0.25, 0.3) is 0 Å². The van der Waals surface area contributed by atoms with E-state index in [9.17, 15) is 4.79 Å². The van der Waals surface area contributed by atoms with Gasteiger partial charge in [0.2, 0.25) is 0 Å². The summed E-state index contributed by atoms with van der Waals surface area (Å²) in [4.78, 5) is 16.4. The van der Waals surface area contributed by atoms with Gasteiger partial charge in [0.05, 0.1) is 0 Å². The van der Waals surface area contributed by atoms with Gasteiger partial charge in [-0.15, -0.1) is 0 Å². The van der Waals surface area contributed by atoms with Crippen LogP contribution in [0.3, 0.4) is 0 Å². The van der Waals surface area contributed by atoms with Crippen LogP contribution >= 0.6 is 0 Å². The zero-order chi connectivity index (χ0) is 10.9. The molecule has 0 fully saturated rings. The molecular weight excluding hydrogens is 168 g/mol. The van der Waals surface area contributed by atoms with Gasteiger partial charge in [-0.25, -0.2) is 4.79 Å². The summed E-state index contributed by atoms with van der Waals surface area (Å²) >= 11 is 0. The molecule has 0 atom stereocenters. The standard InChI is InChI=1S/C6H11NO2.C3H9N/c1-3-4-5(2)6(8)9-7;1-4(2)3/h4H,3,7H2,1-2H3;1-3H3. The van der Waals surface area contributed by atoms with Crippen LogP contribution in [0.4, 0.5) is 0 Å². The van der Waals surface area contributed by atoms with E-state index in [4.69, 9.17) is 0 Å². The zero-order valence-electron chi connectivity index (χ0n) is 9.13. The molecule has 0 rings (SSSR count). The summed E-state index contributed by atoms with van der Waals surface area (Å²) in [5.74, 6) is 4.15. The Hall–Kier alpha value is -0.870. The molecule has 78 valence electrons. The molecule has 0 aliphatic heterocycles. The van der Waals surface area contributed by atoms with E-state index < -0.39 is 5.97 Å². The number of hydrogen-bond donors (Lipinski definition) is 1. The van der Waals surface area contributed by atoms with Crippen molar-refractivity contribution in [2.24, 2.45) is 5.90 Å². The molecule has 13 heavy (non-hydrogen) atoms. The maximum absolute atomic E-state index is 10.5. The van der Waals surface area contributed by atoms with Gasteiger partial charge in [0.1, 0.15) is 0 Å². The normalized spacial score (nSPS) is 10.5. The highest BCUT2D eigenvalue weighted by molar-refractivity contribution is 5.87. The number of carbonyl (C=O) groups is 1. The molecule has 0 saturated heterocycles. The molecule has 0 aromatic rings. The Kier molecular flexibility index (Phi) is 10.4. The fourth-order valence-electron chi connectivity index (χ4n) is 0.482. The number of nitrogens with two attached hydrogens (primary N) is 1. The molecule has 0 unspecified atom stereocenters. The van der Waals surface area contributed by atoms with Crippen LogP contribution in [-0.2, 0) is 9.63 Å². The van der Waals surface area contributed by atoms with Gasteiger partial charge in [0.15, 0.2) is 0 Å². The minimum absolute atomic E-state index is 0.461. The van der Waals surface area contributed by atoms with Gasteiger partial charge in [-0.2, -0.15) is 5.90 Å². The van der Waals surface area contributed by atoms with Crippen LogP contribution in [0, 0.1) is 0 Å². The number of allylic oxidation sites excluding steroid dienone is 1. The highest BCUT2D eigenvalue weighted by Gasteiger charge is 2.00. The van der Waals surface area contributed by atoms with Crippen molar-refractivity contribution in [3.05, 3.63) is 11.6 Å². The molecule has 0 aliphatic carbocycles. The highest BCUT2D eigenvalue weighted by Crippen LogP contribution is 1.95. The van der Waals surface area contributed by atoms with Crippen LogP contribution in [-0.4, -0.2) is 32.0 Å². The smallest absolute Gasteiger partial charge is 0.351 e. The first kappa shape index (κ1) is 14.6. The van der Waals surface area contributed by atoms with Crippen molar-refractivity contribution in [2.45, 2.75) is 20.3 Å². The summed E-state index contributed by atoms with van der Waals surface area (Å²) in [6, 6.07) is 0. The Morgan fingerprint density at radius 1 is 1.46 bits per heavy atom. The fourth-order valence-corrected chi connectivity index (χ4v) is 0.482. The number of rotatable bonds is 2. The lowest BCUT2D eigenvalue weighted by Gasteiger charge is -1.94. The van der Waals surface area contributed by atoms with Crippen molar-refractivity contribution < 1.29 is 9.63 Å². The molecule has 0 aromatic heterocycles. The number of nitrogens with zero attached hydrogens (tertiary/aromatic N) is 1. The number of carbonyl (C=O) groups excluding carboxylic acids is 1. The predicted molar refractivity (Wildman–Crippen MR) is 53.9 cm³/mol. The second-order valence-corrected chi connectivity index (χ2v) is 3.04. The van der Waals surface area contributed by atoms with E-state index in [1.54, 1.807) is 13.0 Å². The maximum Gasteiger partial charge on any atom is 0.351 e. The van der Waals surface area contributed by atoms with Crippen molar-refractivity contribution in [3.8, 4) is 0 Å². The van der Waals surface area contributed by atoms with Gasteiger partial charge >= 0.3 is 5.97 Å². The summed E-state index contributed by atoms with van der Waals surface area (Å²) in [6.45, 7) is 3.60. The van der Waals surface area contributed by atoms with Crippen LogP contribution in [0.5, 0.6) is 0 Å². The molecule has 0 aromatic carbocycles. The van der Waals surface area contributed by atoms with E-state index in [2.05, 4.69) is 10.7 Å². The summed E-state index contributed by atoms with van der Waals surface area (Å²) in [7, 11) is 6.00. The molecule has 0 radical (unpaired) electrons. The molecular formula is C9H20N2O2. The van der Waals surface area contributed by atoms with E-state index in [1.165, 1.54) is 0 Å². The summed E-state index contributed by atoms with van der Waals surface area (Å²) in [5.41, 5.74) is 0.556. The lowest BCUT2D eigenvalue weighted by Crippen LogP contribution is -2.10. The number of hydrogen-bond acceptors (Lipinski definition) is 4. The van der Waals surface area contributed by atoms with Crippen LogP contribution in [0.15, 0.2) is 11.6 Å². The predicted octanol–water partition coefficient (Wildman–Crippen LogP) is 0.937. The van der Waals surface area contributed by atoms with Gasteiger partial charge < -0.3 is 9.74 Å². The van der Waals surface area contributed by atoms with Crippen molar-refractivity contribution in [1.29, 1.82) is 0 Å². The van der Waals surface area contributed by atoms with Crippen molar-refractivity contribution in [2.75, 3.05) is 21.1 Å². The van der Waals surface area contributed by atoms with Crippen LogP contribution < -0.4 is 5.90 Å². The van der Waals surface area contributed by atoms with Crippen molar-refractivity contribution >= 4 is 5.97 Å². The zero-order valence-corrected chi connectivity index (χ0v) is 9.13. The molecule has 4 nitrogen and oxygen atoms in total. The fraction of sp³-hybridized carbons (Fsp3) is 0.667. The third kappa shape index (κ3) is 14.0. The third-order valence-electron chi connectivity index (χ3n) is 0.939. The van der Waals surface area contributed by atoms with Gasteiger partial charge in [-0.1, -0.05) is 13.0 Å². The lowest BCUT2D eigenvalue weighted by atomic mass is 10.2. The quantitative estimate of drug-likeness (QED) is 0.517. The van der Waals surface area contributed by atoms with Crippen LogP contribution in [0.25, 0.3) is 0 Å². The Labute approximate surface area is 80.3 Å². The second-order valence-electron chi connectivity index (χ2n) is 3.04. The minimum atomic E-state index is -0.461. The van der Waals surface area contributed by atoms with Crippen LogP contribution in [0.1, 0.15) is 20.3 Å². The topological polar surface area (TPSA) is 55.6 Å². The van der Waals surface area contributed by atoms with E-state index >= 15 is 0 Å². The average molecular weight is 188 g/mol. The molecule has 0 spiro atoms. The summed E-state index contributed by atoms with van der Waals surface area (Å²) in [5, 5.41) is 0. The average Bonchev–Trinajstić information content (AvgIpc) is 2.02. The first-order chi connectivity index (χ1) is 5.95. The highest BCUT2D eigenvalue weighted by atomic mass is 16.7. The molecule has 0 bridgehead atoms. The lowest BCUT2D eigenvalue weighted by molar-refractivity contribution is -0.139. The van der Waals surface area contributed by atoms with E-state index in [0.29, 0.717) is 5.57 Å². The second kappa shape index (κ2) is 9.22. The van der Waals surface area contributed by atoms with E-state index in [-0.39, 0.29) is 0 Å². The molecule has 0 saturated carbocycles. The van der Waals surface area contributed by atoms with Crippen molar-refractivity contribution in [3.63, 3.8) is 0 Å². The molecule has 0 aliphatic rings. The maximum atomic E-state index is 10.5. The molecule has 0 heterocycles. The Balaban J connectivity index is 0. The van der Waals surface area contributed by atoms with E-state index in [1.807, 2.05) is 33.0 Å². The Morgan fingerprint density at radius 3 is 2.08 bits per heavy atom. The first-order valence-corrected chi connectivity index (χ1v) is 4.14. The van der Waals surface area contributed by atoms with Gasteiger partial charge in [-0.3, -0.25) is 0 Å². The summed E-state index contributed by atoms with van der Waals surface area (Å²) < 4.78 is 0. The summed E-state index contributed by atoms with van der Waals surface area (Å²) in [6.07, 6.45) is 2.58. The molecule has 0 amide bonds. The molecule has 2 N–H and O–H groups in total. The third-order valence-corrected chi connectivity index (χ3v) is 0.939.